The summed E-state index contributed by atoms with van der Waals surface area (Å²) in [5.41, 5.74) is -0.791. The molecule has 1 aromatic carbocycles. The average Bonchev–Trinajstić information content (AvgIpc) is 2.80. The van der Waals surface area contributed by atoms with Crippen LogP contribution in [0.2, 0.25) is 0 Å². The van der Waals surface area contributed by atoms with Gasteiger partial charge in [-0.05, 0) is 32.0 Å². The van der Waals surface area contributed by atoms with E-state index in [2.05, 4.69) is 21.9 Å². The van der Waals surface area contributed by atoms with Gasteiger partial charge in [-0.2, -0.15) is 18.3 Å². The predicted octanol–water partition coefficient (Wildman–Crippen LogP) is 5.00. The van der Waals surface area contributed by atoms with Crippen LogP contribution in [0.25, 0.3) is 0 Å². The van der Waals surface area contributed by atoms with Crippen LogP contribution in [0.3, 0.4) is 0 Å². The standard InChI is InChI=1S/C24H26F4N4O2/c1-5-7-8-14-30-31(4)20-11-9-10-19(25)22(20)23(33)32(6-2)17(3)16-34-21-13-12-18(15-29-21)24(26,27)28/h9-15,17H,5-6,16H2,1-4H3/b30-14-. The summed E-state index contributed by atoms with van der Waals surface area (Å²) in [6.07, 6.45) is -1.79. The van der Waals surface area contributed by atoms with E-state index < -0.39 is 29.5 Å². The van der Waals surface area contributed by atoms with Gasteiger partial charge in [0.1, 0.15) is 18.0 Å². The minimum atomic E-state index is -4.50. The lowest BCUT2D eigenvalue weighted by molar-refractivity contribution is -0.137. The van der Waals surface area contributed by atoms with Crippen molar-refractivity contribution in [3.63, 3.8) is 0 Å². The molecule has 0 aliphatic heterocycles. The summed E-state index contributed by atoms with van der Waals surface area (Å²) < 4.78 is 58.3. The number of benzene rings is 1. The highest BCUT2D eigenvalue weighted by Gasteiger charge is 2.31. The third kappa shape index (κ3) is 6.94. The lowest BCUT2D eigenvalue weighted by Crippen LogP contribution is -2.42. The van der Waals surface area contributed by atoms with Gasteiger partial charge in [0.2, 0.25) is 5.88 Å². The highest BCUT2D eigenvalue weighted by molar-refractivity contribution is 6.00. The van der Waals surface area contributed by atoms with Gasteiger partial charge < -0.3 is 9.64 Å². The molecule has 1 amide bonds. The van der Waals surface area contributed by atoms with Crippen molar-refractivity contribution in [1.82, 2.24) is 9.88 Å². The van der Waals surface area contributed by atoms with Gasteiger partial charge in [0.15, 0.2) is 0 Å². The Bertz CT molecular complexity index is 1060. The lowest BCUT2D eigenvalue weighted by Gasteiger charge is -2.29. The second kappa shape index (κ2) is 12.0. The summed E-state index contributed by atoms with van der Waals surface area (Å²) in [5, 5.41) is 5.49. The second-order valence-corrected chi connectivity index (χ2v) is 7.21. The van der Waals surface area contributed by atoms with Crippen LogP contribution in [0.1, 0.15) is 43.1 Å². The van der Waals surface area contributed by atoms with E-state index in [1.54, 1.807) is 27.0 Å². The lowest BCUT2D eigenvalue weighted by atomic mass is 10.1. The molecule has 0 aliphatic rings. The molecule has 0 aliphatic carbocycles. The molecule has 6 nitrogen and oxygen atoms in total. The molecular formula is C24H26F4N4O2. The van der Waals surface area contributed by atoms with Crippen LogP contribution in [0.15, 0.2) is 41.6 Å². The van der Waals surface area contributed by atoms with Crippen LogP contribution in [-0.4, -0.2) is 48.2 Å². The summed E-state index contributed by atoms with van der Waals surface area (Å²) in [4.78, 5) is 18.4. The van der Waals surface area contributed by atoms with Crippen LogP contribution < -0.4 is 9.75 Å². The molecule has 1 aromatic heterocycles. The molecule has 34 heavy (non-hydrogen) atoms. The molecule has 2 rings (SSSR count). The van der Waals surface area contributed by atoms with Gasteiger partial charge in [-0.3, -0.25) is 9.80 Å². The summed E-state index contributed by atoms with van der Waals surface area (Å²) in [6, 6.07) is 5.68. The number of hydrazone groups is 1. The Morgan fingerprint density at radius 3 is 2.59 bits per heavy atom. The number of alkyl halides is 3. The number of rotatable bonds is 8. The maximum atomic E-state index is 14.8. The molecule has 0 saturated carbocycles. The van der Waals surface area contributed by atoms with E-state index in [4.69, 9.17) is 4.74 Å². The number of halogens is 4. The maximum absolute atomic E-state index is 14.8. The smallest absolute Gasteiger partial charge is 0.417 e. The number of carbonyl (C=O) groups is 1. The zero-order chi connectivity index (χ0) is 25.3. The largest absolute Gasteiger partial charge is 0.475 e. The number of pyridine rings is 1. The first-order chi connectivity index (χ1) is 16.1. The fourth-order valence-electron chi connectivity index (χ4n) is 3.05. The van der Waals surface area contributed by atoms with Gasteiger partial charge in [0.25, 0.3) is 5.91 Å². The average molecular weight is 478 g/mol. The van der Waals surface area contributed by atoms with Crippen molar-refractivity contribution in [1.29, 1.82) is 0 Å². The summed E-state index contributed by atoms with van der Waals surface area (Å²) >= 11 is 0. The Labute approximate surface area is 196 Å². The quantitative estimate of drug-likeness (QED) is 0.232. The van der Waals surface area contributed by atoms with Crippen LogP contribution in [0, 0.1) is 17.7 Å². The van der Waals surface area contributed by atoms with Crippen molar-refractivity contribution in [2.45, 2.75) is 39.4 Å². The maximum Gasteiger partial charge on any atom is 0.417 e. The van der Waals surface area contributed by atoms with E-state index in [0.29, 0.717) is 12.6 Å². The van der Waals surface area contributed by atoms with Crippen molar-refractivity contribution >= 4 is 17.8 Å². The molecule has 0 spiro atoms. The van der Waals surface area contributed by atoms with Crippen molar-refractivity contribution < 1.29 is 27.1 Å². The van der Waals surface area contributed by atoms with Gasteiger partial charge >= 0.3 is 6.18 Å². The van der Waals surface area contributed by atoms with E-state index in [1.807, 2.05) is 6.92 Å². The number of ether oxygens (including phenoxy) is 1. The van der Waals surface area contributed by atoms with Gasteiger partial charge in [-0.15, -0.1) is 0 Å². The van der Waals surface area contributed by atoms with Crippen LogP contribution in [0.5, 0.6) is 5.88 Å². The molecule has 0 bridgehead atoms. The number of nitrogens with zero attached hydrogens (tertiary/aromatic N) is 4. The molecule has 0 fully saturated rings. The number of hydrogen-bond donors (Lipinski definition) is 0. The first-order valence-corrected chi connectivity index (χ1v) is 10.6. The number of carbonyl (C=O) groups excluding carboxylic acids is 1. The Kier molecular flexibility index (Phi) is 9.42. The monoisotopic (exact) mass is 478 g/mol. The molecular weight excluding hydrogens is 452 g/mol. The van der Waals surface area contributed by atoms with E-state index in [1.165, 1.54) is 28.3 Å². The molecule has 0 N–H and O–H groups in total. The zero-order valence-electron chi connectivity index (χ0n) is 19.4. The Hall–Kier alpha value is -3.61. The van der Waals surface area contributed by atoms with E-state index in [9.17, 15) is 22.4 Å². The van der Waals surface area contributed by atoms with Crippen molar-refractivity contribution in [3.05, 3.63) is 53.5 Å². The predicted molar refractivity (Wildman–Crippen MR) is 122 cm³/mol. The number of aromatic nitrogens is 1. The van der Waals surface area contributed by atoms with E-state index >= 15 is 0 Å². The minimum absolute atomic E-state index is 0.0165. The summed E-state index contributed by atoms with van der Waals surface area (Å²) in [7, 11) is 1.58. The fraction of sp³-hybridized carbons (Fsp3) is 0.375. The molecule has 0 saturated heterocycles. The van der Waals surface area contributed by atoms with Gasteiger partial charge in [0, 0.05) is 32.3 Å². The molecule has 0 radical (unpaired) electrons. The number of anilines is 1. The Balaban J connectivity index is 2.19. The first kappa shape index (κ1) is 26.6. The van der Waals surface area contributed by atoms with E-state index in [0.717, 1.165) is 12.1 Å². The third-order valence-corrected chi connectivity index (χ3v) is 4.80. The Morgan fingerprint density at radius 2 is 2.00 bits per heavy atom. The van der Waals surface area contributed by atoms with Crippen molar-refractivity contribution in [3.8, 4) is 17.7 Å². The van der Waals surface area contributed by atoms with Crippen molar-refractivity contribution in [2.24, 2.45) is 5.10 Å². The number of amides is 1. The molecule has 2 aromatic rings. The molecule has 182 valence electrons. The van der Waals surface area contributed by atoms with Gasteiger partial charge in [-0.1, -0.05) is 24.8 Å². The summed E-state index contributed by atoms with van der Waals surface area (Å²) in [5.74, 6) is 4.27. The number of hydrogen-bond acceptors (Lipinski definition) is 5. The van der Waals surface area contributed by atoms with Crippen LogP contribution in [0.4, 0.5) is 23.2 Å². The van der Waals surface area contributed by atoms with Gasteiger partial charge in [-0.25, -0.2) is 9.37 Å². The fourth-order valence-corrected chi connectivity index (χ4v) is 3.05. The van der Waals surface area contributed by atoms with Crippen LogP contribution in [-0.2, 0) is 6.18 Å². The Morgan fingerprint density at radius 1 is 1.26 bits per heavy atom. The highest BCUT2D eigenvalue weighted by Crippen LogP contribution is 2.29. The molecule has 1 atom stereocenters. The third-order valence-electron chi connectivity index (χ3n) is 4.80. The SMILES string of the molecule is CCC#C/C=N\N(C)c1cccc(F)c1C(=O)N(CC)C(C)COc1ccc(C(F)(F)F)cn1. The normalized spacial score (nSPS) is 12.1. The van der Waals surface area contributed by atoms with Crippen LogP contribution >= 0.6 is 0 Å². The minimum Gasteiger partial charge on any atom is -0.475 e. The number of likely N-dealkylation sites (N-methyl/N-ethyl adjacent to an activating group) is 1. The van der Waals surface area contributed by atoms with E-state index in [-0.39, 0.29) is 30.3 Å². The highest BCUT2D eigenvalue weighted by atomic mass is 19.4. The second-order valence-electron chi connectivity index (χ2n) is 7.21. The summed E-state index contributed by atoms with van der Waals surface area (Å²) in [6.45, 7) is 5.50. The molecule has 1 unspecified atom stereocenters. The first-order valence-electron chi connectivity index (χ1n) is 10.6. The van der Waals surface area contributed by atoms with Gasteiger partial charge in [0.05, 0.1) is 23.5 Å². The molecule has 10 heteroatoms. The molecule has 1 heterocycles. The van der Waals surface area contributed by atoms with Crippen molar-refractivity contribution in [2.75, 3.05) is 25.2 Å². The zero-order valence-corrected chi connectivity index (χ0v) is 19.4. The topological polar surface area (TPSA) is 58.0 Å².